The van der Waals surface area contributed by atoms with Gasteiger partial charge in [-0.15, -0.1) is 0 Å². The molecule has 7 rings (SSSR count). The fourth-order valence-corrected chi connectivity index (χ4v) is 5.22. The SMILES string of the molecule is CN1CCN(c2ccc3c(c2)=N/C(=C2\C=C(c4ccc(NC(=O)Nc5ccc(Oc6ccccc6)cc5)cc4)NN2)N=3)CC1. The number of para-hydroxylation sites is 1. The maximum absolute atomic E-state index is 12.6. The molecule has 0 aliphatic carbocycles. The van der Waals surface area contributed by atoms with Gasteiger partial charge >= 0.3 is 6.03 Å². The summed E-state index contributed by atoms with van der Waals surface area (Å²) >= 11 is 0. The second kappa shape index (κ2) is 11.9. The number of urea groups is 1. The number of fused-ring (bicyclic) bond motifs is 1. The summed E-state index contributed by atoms with van der Waals surface area (Å²) in [5.74, 6) is 2.09. The second-order valence-corrected chi connectivity index (χ2v) is 10.8. The summed E-state index contributed by atoms with van der Waals surface area (Å²) in [6.45, 7) is 4.13. The Balaban J connectivity index is 0.970. The normalized spacial score (nSPS) is 17.4. The first-order valence-electron chi connectivity index (χ1n) is 14.6. The molecule has 0 spiro atoms. The number of nitrogens with zero attached hydrogens (tertiary/aromatic N) is 4. The van der Waals surface area contributed by atoms with Crippen LogP contribution in [0, 0.1) is 0 Å². The molecule has 10 heteroatoms. The lowest BCUT2D eigenvalue weighted by molar-refractivity contribution is 0.262. The number of likely N-dealkylation sites (N-methyl/N-ethyl adjacent to an activating group) is 1. The number of hydrogen-bond donors (Lipinski definition) is 4. The van der Waals surface area contributed by atoms with Gasteiger partial charge in [-0.3, -0.25) is 5.43 Å². The molecular formula is C34H32N8O2. The van der Waals surface area contributed by atoms with Gasteiger partial charge < -0.3 is 30.6 Å². The molecule has 44 heavy (non-hydrogen) atoms. The van der Waals surface area contributed by atoms with E-state index in [1.165, 1.54) is 5.69 Å². The van der Waals surface area contributed by atoms with Crippen LogP contribution in [0.1, 0.15) is 5.56 Å². The molecule has 4 N–H and O–H groups in total. The molecule has 0 radical (unpaired) electrons. The largest absolute Gasteiger partial charge is 0.457 e. The average Bonchev–Trinajstić information content (AvgIpc) is 3.71. The molecule has 0 bridgehead atoms. The maximum Gasteiger partial charge on any atom is 0.323 e. The number of carbonyl (C=O) groups excluding carboxylic acids is 1. The van der Waals surface area contributed by atoms with Gasteiger partial charge in [-0.25, -0.2) is 14.8 Å². The van der Waals surface area contributed by atoms with Gasteiger partial charge in [-0.2, -0.15) is 0 Å². The molecule has 3 aliphatic heterocycles. The van der Waals surface area contributed by atoms with E-state index in [0.29, 0.717) is 22.9 Å². The molecule has 0 atom stereocenters. The van der Waals surface area contributed by atoms with E-state index in [4.69, 9.17) is 14.7 Å². The monoisotopic (exact) mass is 584 g/mol. The summed E-state index contributed by atoms with van der Waals surface area (Å²) in [5, 5.41) is 7.48. The van der Waals surface area contributed by atoms with Crippen molar-refractivity contribution in [3.63, 3.8) is 0 Å². The number of hydrogen-bond acceptors (Lipinski definition) is 8. The van der Waals surface area contributed by atoms with E-state index >= 15 is 0 Å². The van der Waals surface area contributed by atoms with E-state index in [9.17, 15) is 4.79 Å². The highest BCUT2D eigenvalue weighted by Gasteiger charge is 2.18. The number of allylic oxidation sites excluding steroid dienone is 1. The van der Waals surface area contributed by atoms with Crippen LogP contribution in [0.4, 0.5) is 21.9 Å². The van der Waals surface area contributed by atoms with Gasteiger partial charge in [0, 0.05) is 43.2 Å². The van der Waals surface area contributed by atoms with Crippen molar-refractivity contribution in [3.05, 3.63) is 131 Å². The highest BCUT2D eigenvalue weighted by Crippen LogP contribution is 2.24. The van der Waals surface area contributed by atoms with Crippen LogP contribution in [0.5, 0.6) is 11.5 Å². The van der Waals surface area contributed by atoms with Crippen LogP contribution in [-0.2, 0) is 0 Å². The molecule has 4 aromatic carbocycles. The van der Waals surface area contributed by atoms with Crippen LogP contribution in [0.25, 0.3) is 5.70 Å². The number of benzene rings is 4. The Morgan fingerprint density at radius 2 is 1.41 bits per heavy atom. The minimum atomic E-state index is -0.332. The number of amides is 2. The Morgan fingerprint density at radius 1 is 0.750 bits per heavy atom. The van der Waals surface area contributed by atoms with Crippen molar-refractivity contribution >= 4 is 28.8 Å². The van der Waals surface area contributed by atoms with Crippen molar-refractivity contribution in [1.29, 1.82) is 0 Å². The first-order valence-corrected chi connectivity index (χ1v) is 14.6. The maximum atomic E-state index is 12.6. The van der Waals surface area contributed by atoms with Crippen LogP contribution >= 0.6 is 0 Å². The molecule has 1 fully saturated rings. The number of ether oxygens (including phenoxy) is 1. The highest BCUT2D eigenvalue weighted by molar-refractivity contribution is 5.99. The number of rotatable bonds is 6. The lowest BCUT2D eigenvalue weighted by Crippen LogP contribution is -2.45. The fourth-order valence-electron chi connectivity index (χ4n) is 5.22. The van der Waals surface area contributed by atoms with Gasteiger partial charge in [0.05, 0.1) is 16.4 Å². The predicted octanol–water partition coefficient (Wildman–Crippen LogP) is 4.45. The molecule has 0 saturated carbocycles. The minimum absolute atomic E-state index is 0.332. The van der Waals surface area contributed by atoms with Crippen LogP contribution < -0.4 is 41.8 Å². The van der Waals surface area contributed by atoms with E-state index in [-0.39, 0.29) is 6.03 Å². The zero-order valence-electron chi connectivity index (χ0n) is 24.2. The lowest BCUT2D eigenvalue weighted by atomic mass is 10.1. The molecule has 2 amide bonds. The third kappa shape index (κ3) is 6.11. The molecule has 0 unspecified atom stereocenters. The number of piperazine rings is 1. The fraction of sp³-hybridized carbons (Fsp3) is 0.147. The molecule has 3 heterocycles. The van der Waals surface area contributed by atoms with Crippen LogP contribution in [-0.4, -0.2) is 44.2 Å². The zero-order chi connectivity index (χ0) is 29.9. The van der Waals surface area contributed by atoms with Crippen molar-refractivity contribution in [3.8, 4) is 11.5 Å². The Hall–Kier alpha value is -5.61. The number of nitrogens with one attached hydrogen (secondary N) is 4. The molecule has 220 valence electrons. The molecule has 4 aromatic rings. The third-order valence-corrected chi connectivity index (χ3v) is 7.69. The second-order valence-electron chi connectivity index (χ2n) is 10.8. The number of anilines is 3. The molecule has 1 saturated heterocycles. The lowest BCUT2D eigenvalue weighted by Gasteiger charge is -2.33. The summed E-state index contributed by atoms with van der Waals surface area (Å²) in [7, 11) is 2.16. The molecule has 10 nitrogen and oxygen atoms in total. The van der Waals surface area contributed by atoms with E-state index in [0.717, 1.165) is 59.6 Å². The third-order valence-electron chi connectivity index (χ3n) is 7.69. The summed E-state index contributed by atoms with van der Waals surface area (Å²) in [6, 6.07) is 30.4. The summed E-state index contributed by atoms with van der Waals surface area (Å²) in [5.41, 5.74) is 11.6. The summed E-state index contributed by atoms with van der Waals surface area (Å²) in [6.07, 6.45) is 2.00. The Kier molecular flexibility index (Phi) is 7.39. The predicted molar refractivity (Wildman–Crippen MR) is 172 cm³/mol. The van der Waals surface area contributed by atoms with Gasteiger partial charge in [0.25, 0.3) is 0 Å². The van der Waals surface area contributed by atoms with Crippen LogP contribution in [0.2, 0.25) is 0 Å². The molecular weight excluding hydrogens is 552 g/mol. The quantitative estimate of drug-likeness (QED) is 0.267. The Morgan fingerprint density at radius 3 is 2.14 bits per heavy atom. The first kappa shape index (κ1) is 27.2. The van der Waals surface area contributed by atoms with E-state index < -0.39 is 0 Å². The minimum Gasteiger partial charge on any atom is -0.457 e. The van der Waals surface area contributed by atoms with Crippen molar-refractivity contribution < 1.29 is 9.53 Å². The Labute approximate surface area is 255 Å². The standard InChI is InChI=1S/C34H32N8O2/c1-41-17-19-42(20-18-41)26-13-16-29-31(21-26)38-33(37-29)32-22-30(39-40-32)23-7-9-24(10-8-23)35-34(43)36-25-11-14-28(15-12-25)44-27-5-3-2-4-6-27/h2-16,21-22,39-40H,17-20H2,1H3,(H2,35,36,43)/b33-32+. The van der Waals surface area contributed by atoms with Crippen molar-refractivity contribution in [1.82, 2.24) is 15.8 Å². The molecule has 0 aromatic heterocycles. The summed E-state index contributed by atoms with van der Waals surface area (Å²) < 4.78 is 5.81. The highest BCUT2D eigenvalue weighted by atomic mass is 16.5. The van der Waals surface area contributed by atoms with E-state index in [2.05, 4.69) is 50.5 Å². The van der Waals surface area contributed by atoms with Gasteiger partial charge in [0.2, 0.25) is 0 Å². The van der Waals surface area contributed by atoms with Crippen molar-refractivity contribution in [2.75, 3.05) is 48.8 Å². The van der Waals surface area contributed by atoms with Crippen LogP contribution in [0.3, 0.4) is 0 Å². The van der Waals surface area contributed by atoms with E-state index in [1.54, 1.807) is 12.1 Å². The molecule has 3 aliphatic rings. The van der Waals surface area contributed by atoms with Crippen molar-refractivity contribution in [2.24, 2.45) is 9.98 Å². The first-order chi connectivity index (χ1) is 21.6. The summed E-state index contributed by atoms with van der Waals surface area (Å²) in [4.78, 5) is 26.9. The number of hydrazine groups is 1. The zero-order valence-corrected chi connectivity index (χ0v) is 24.2. The van der Waals surface area contributed by atoms with Crippen molar-refractivity contribution in [2.45, 2.75) is 0 Å². The van der Waals surface area contributed by atoms with Gasteiger partial charge in [-0.1, -0.05) is 30.3 Å². The van der Waals surface area contributed by atoms with E-state index in [1.807, 2.05) is 78.9 Å². The van der Waals surface area contributed by atoms with Gasteiger partial charge in [0.1, 0.15) is 17.2 Å². The average molecular weight is 585 g/mol. The topological polar surface area (TPSA) is 106 Å². The number of carbonyl (C=O) groups is 1. The van der Waals surface area contributed by atoms with Gasteiger partial charge in [0.15, 0.2) is 5.82 Å². The van der Waals surface area contributed by atoms with Gasteiger partial charge in [-0.05, 0) is 85.4 Å². The smallest absolute Gasteiger partial charge is 0.323 e. The van der Waals surface area contributed by atoms with Crippen LogP contribution in [0.15, 0.2) is 125 Å². The Bertz CT molecular complexity index is 1860.